The van der Waals surface area contributed by atoms with Gasteiger partial charge in [-0.2, -0.15) is 0 Å². The van der Waals surface area contributed by atoms with E-state index < -0.39 is 0 Å². The second kappa shape index (κ2) is 7.02. The molecule has 0 spiro atoms. The first-order valence-electron chi connectivity index (χ1n) is 7.18. The number of carbonyl (C=O) groups is 2. The molecule has 0 aliphatic carbocycles. The second-order valence-electron chi connectivity index (χ2n) is 5.12. The van der Waals surface area contributed by atoms with Crippen LogP contribution in [0.15, 0.2) is 59.5 Å². The van der Waals surface area contributed by atoms with Gasteiger partial charge in [-0.1, -0.05) is 54.1 Å². The van der Waals surface area contributed by atoms with E-state index in [1.54, 1.807) is 18.2 Å². The topological polar surface area (TPSA) is 37.4 Å². The third-order valence-corrected chi connectivity index (χ3v) is 4.63. The first-order chi connectivity index (χ1) is 11.1. The van der Waals surface area contributed by atoms with Crippen molar-refractivity contribution in [3.63, 3.8) is 0 Å². The second-order valence-corrected chi connectivity index (χ2v) is 6.55. The van der Waals surface area contributed by atoms with Crippen molar-refractivity contribution < 1.29 is 9.59 Å². The summed E-state index contributed by atoms with van der Waals surface area (Å²) >= 11 is 6.92. The molecule has 5 heteroatoms. The highest BCUT2D eigenvalue weighted by molar-refractivity contribution is 8.18. The lowest BCUT2D eigenvalue weighted by atomic mass is 10.1. The van der Waals surface area contributed by atoms with Crippen LogP contribution in [0.4, 0.5) is 4.79 Å². The van der Waals surface area contributed by atoms with E-state index in [2.05, 4.69) is 0 Å². The number of amides is 2. The Morgan fingerprint density at radius 1 is 1.04 bits per heavy atom. The van der Waals surface area contributed by atoms with Crippen LogP contribution in [0.25, 0.3) is 6.08 Å². The highest BCUT2D eigenvalue weighted by atomic mass is 35.5. The predicted molar refractivity (Wildman–Crippen MR) is 94.3 cm³/mol. The fourth-order valence-corrected chi connectivity index (χ4v) is 3.39. The normalized spacial score (nSPS) is 16.4. The molecule has 0 bridgehead atoms. The summed E-state index contributed by atoms with van der Waals surface area (Å²) in [6, 6.07) is 17.0. The van der Waals surface area contributed by atoms with Gasteiger partial charge in [-0.25, -0.2) is 0 Å². The molecule has 2 aromatic carbocycles. The average Bonchev–Trinajstić information content (AvgIpc) is 2.80. The van der Waals surface area contributed by atoms with Crippen molar-refractivity contribution in [3.05, 3.63) is 75.7 Å². The van der Waals surface area contributed by atoms with E-state index in [1.807, 2.05) is 42.5 Å². The van der Waals surface area contributed by atoms with Crippen molar-refractivity contribution in [3.8, 4) is 0 Å². The standard InChI is InChI=1S/C18H14ClNO2S/c19-15-8-4-7-14(11-15)12-16-17(21)20(18(22)23-16)10-9-13-5-2-1-3-6-13/h1-8,11-12H,9-10H2/b16-12+. The largest absolute Gasteiger partial charge is 0.293 e. The molecule has 0 saturated carbocycles. The Balaban J connectivity index is 1.72. The summed E-state index contributed by atoms with van der Waals surface area (Å²) in [4.78, 5) is 26.2. The molecule has 0 unspecified atom stereocenters. The number of thioether (sulfide) groups is 1. The van der Waals surface area contributed by atoms with Crippen LogP contribution in [-0.4, -0.2) is 22.6 Å². The number of benzene rings is 2. The Bertz CT molecular complexity index is 774. The third kappa shape index (κ3) is 3.84. The van der Waals surface area contributed by atoms with Crippen LogP contribution in [0.2, 0.25) is 5.02 Å². The van der Waals surface area contributed by atoms with Crippen molar-refractivity contribution >= 4 is 40.6 Å². The Hall–Kier alpha value is -2.04. The van der Waals surface area contributed by atoms with Crippen molar-refractivity contribution in [1.82, 2.24) is 4.90 Å². The molecule has 23 heavy (non-hydrogen) atoms. The van der Waals surface area contributed by atoms with Crippen LogP contribution < -0.4 is 0 Å². The Labute approximate surface area is 143 Å². The molecule has 0 radical (unpaired) electrons. The summed E-state index contributed by atoms with van der Waals surface area (Å²) in [5.74, 6) is -0.240. The van der Waals surface area contributed by atoms with Crippen LogP contribution in [0.3, 0.4) is 0 Å². The number of carbonyl (C=O) groups excluding carboxylic acids is 2. The number of nitrogens with zero attached hydrogens (tertiary/aromatic N) is 1. The highest BCUT2D eigenvalue weighted by Gasteiger charge is 2.34. The molecule has 2 aromatic rings. The first kappa shape index (κ1) is 15.8. The lowest BCUT2D eigenvalue weighted by Gasteiger charge is -2.12. The minimum atomic E-state index is -0.240. The number of imide groups is 1. The SMILES string of the molecule is O=C1S/C(=C/c2cccc(Cl)c2)C(=O)N1CCc1ccccc1. The summed E-state index contributed by atoms with van der Waals surface area (Å²) in [7, 11) is 0. The molecule has 1 heterocycles. The number of halogens is 1. The van der Waals surface area contributed by atoms with Gasteiger partial charge in [0.25, 0.3) is 11.1 Å². The van der Waals surface area contributed by atoms with Gasteiger partial charge in [0, 0.05) is 11.6 Å². The Kier molecular flexibility index (Phi) is 4.84. The molecule has 1 fully saturated rings. The zero-order valence-electron chi connectivity index (χ0n) is 12.2. The zero-order chi connectivity index (χ0) is 16.2. The van der Waals surface area contributed by atoms with Crippen molar-refractivity contribution in [2.45, 2.75) is 6.42 Å². The van der Waals surface area contributed by atoms with Gasteiger partial charge in [0.1, 0.15) is 0 Å². The molecule has 0 atom stereocenters. The van der Waals surface area contributed by atoms with E-state index in [0.29, 0.717) is 22.9 Å². The number of hydrogen-bond donors (Lipinski definition) is 0. The molecule has 3 rings (SSSR count). The molecule has 2 amide bonds. The number of hydrogen-bond acceptors (Lipinski definition) is 3. The summed E-state index contributed by atoms with van der Waals surface area (Å²) in [6.07, 6.45) is 2.36. The van der Waals surface area contributed by atoms with Crippen LogP contribution in [0.5, 0.6) is 0 Å². The van der Waals surface area contributed by atoms with Gasteiger partial charge >= 0.3 is 0 Å². The van der Waals surface area contributed by atoms with Crippen LogP contribution in [0, 0.1) is 0 Å². The predicted octanol–water partition coefficient (Wildman–Crippen LogP) is 4.62. The fraction of sp³-hybridized carbons (Fsp3) is 0.111. The molecule has 1 saturated heterocycles. The van der Waals surface area contributed by atoms with E-state index in [1.165, 1.54) is 4.90 Å². The third-order valence-electron chi connectivity index (χ3n) is 3.49. The lowest BCUT2D eigenvalue weighted by molar-refractivity contribution is -0.122. The summed E-state index contributed by atoms with van der Waals surface area (Å²) in [6.45, 7) is 0.390. The summed E-state index contributed by atoms with van der Waals surface area (Å²) in [5, 5.41) is 0.376. The van der Waals surface area contributed by atoms with Crippen LogP contribution >= 0.6 is 23.4 Å². The van der Waals surface area contributed by atoms with Crippen molar-refractivity contribution in [2.24, 2.45) is 0 Å². The monoisotopic (exact) mass is 343 g/mol. The van der Waals surface area contributed by atoms with E-state index in [9.17, 15) is 9.59 Å². The van der Waals surface area contributed by atoms with Gasteiger partial charge in [-0.3, -0.25) is 14.5 Å². The Morgan fingerprint density at radius 2 is 1.83 bits per heavy atom. The maximum absolute atomic E-state index is 12.4. The van der Waals surface area contributed by atoms with E-state index in [0.717, 1.165) is 22.9 Å². The zero-order valence-corrected chi connectivity index (χ0v) is 13.8. The molecular weight excluding hydrogens is 330 g/mol. The van der Waals surface area contributed by atoms with Gasteiger partial charge < -0.3 is 0 Å². The highest BCUT2D eigenvalue weighted by Crippen LogP contribution is 2.32. The molecule has 0 N–H and O–H groups in total. The minimum Gasteiger partial charge on any atom is -0.268 e. The van der Waals surface area contributed by atoms with Gasteiger partial charge in [0.2, 0.25) is 0 Å². The van der Waals surface area contributed by atoms with Crippen molar-refractivity contribution in [1.29, 1.82) is 0 Å². The Morgan fingerprint density at radius 3 is 2.57 bits per heavy atom. The van der Waals surface area contributed by atoms with Crippen LogP contribution in [0.1, 0.15) is 11.1 Å². The first-order valence-corrected chi connectivity index (χ1v) is 8.38. The van der Waals surface area contributed by atoms with Gasteiger partial charge in [-0.15, -0.1) is 0 Å². The molecular formula is C18H14ClNO2S. The average molecular weight is 344 g/mol. The van der Waals surface area contributed by atoms with Gasteiger partial charge in [0.15, 0.2) is 0 Å². The maximum atomic E-state index is 12.4. The van der Waals surface area contributed by atoms with Gasteiger partial charge in [0.05, 0.1) is 4.91 Å². The van der Waals surface area contributed by atoms with E-state index in [4.69, 9.17) is 11.6 Å². The molecule has 1 aliphatic heterocycles. The summed E-state index contributed by atoms with van der Waals surface area (Å²) < 4.78 is 0. The van der Waals surface area contributed by atoms with Gasteiger partial charge in [-0.05, 0) is 47.5 Å². The number of rotatable bonds is 4. The molecule has 1 aliphatic rings. The minimum absolute atomic E-state index is 0.223. The van der Waals surface area contributed by atoms with E-state index in [-0.39, 0.29) is 11.1 Å². The van der Waals surface area contributed by atoms with Crippen molar-refractivity contribution in [2.75, 3.05) is 6.54 Å². The molecule has 3 nitrogen and oxygen atoms in total. The lowest BCUT2D eigenvalue weighted by Crippen LogP contribution is -2.30. The molecule has 116 valence electrons. The van der Waals surface area contributed by atoms with E-state index >= 15 is 0 Å². The fourth-order valence-electron chi connectivity index (χ4n) is 2.33. The smallest absolute Gasteiger partial charge is 0.268 e. The molecule has 0 aromatic heterocycles. The maximum Gasteiger partial charge on any atom is 0.293 e. The quantitative estimate of drug-likeness (QED) is 0.760. The summed E-state index contributed by atoms with van der Waals surface area (Å²) in [5.41, 5.74) is 1.91. The van der Waals surface area contributed by atoms with Crippen LogP contribution in [-0.2, 0) is 11.2 Å².